The Morgan fingerprint density at radius 1 is 1.11 bits per heavy atom. The van der Waals surface area contributed by atoms with Gasteiger partial charge >= 0.3 is 0 Å². The minimum Gasteiger partial charge on any atom is -0.497 e. The van der Waals surface area contributed by atoms with Crippen LogP contribution in [-0.2, 0) is 0 Å². The Morgan fingerprint density at radius 3 is 2.05 bits per heavy atom. The van der Waals surface area contributed by atoms with Gasteiger partial charge in [-0.25, -0.2) is 0 Å². The van der Waals surface area contributed by atoms with Crippen molar-refractivity contribution in [3.05, 3.63) is 29.8 Å². The average molecular weight is 263 g/mol. The summed E-state index contributed by atoms with van der Waals surface area (Å²) in [6, 6.07) is 7.55. The predicted molar refractivity (Wildman–Crippen MR) is 78.8 cm³/mol. The first-order valence-corrected chi connectivity index (χ1v) is 6.78. The molecule has 1 aromatic rings. The summed E-state index contributed by atoms with van der Waals surface area (Å²) in [5, 5.41) is 0. The molecule has 3 heteroatoms. The van der Waals surface area contributed by atoms with Gasteiger partial charge in [-0.15, -0.1) is 0 Å². The molecule has 0 saturated carbocycles. The number of likely N-dealkylation sites (N-methyl/N-ethyl adjacent to an activating group) is 1. The molecule has 0 bridgehead atoms. The van der Waals surface area contributed by atoms with Crippen LogP contribution in [0, 0.1) is 5.92 Å². The second kappa shape index (κ2) is 6.71. The molecule has 0 fully saturated rings. The second-order valence-corrected chi connectivity index (χ2v) is 5.42. The van der Waals surface area contributed by atoms with Crippen molar-refractivity contribution in [2.24, 2.45) is 5.92 Å². The number of hydrogen-bond donors (Lipinski definition) is 0. The number of ketones is 1. The third-order valence-corrected chi connectivity index (χ3v) is 3.97. The molecule has 0 aliphatic rings. The Labute approximate surface area is 116 Å². The molecule has 19 heavy (non-hydrogen) atoms. The van der Waals surface area contributed by atoms with E-state index in [0.717, 1.165) is 11.3 Å². The number of hydrogen-bond acceptors (Lipinski definition) is 3. The van der Waals surface area contributed by atoms with Crippen molar-refractivity contribution in [1.29, 1.82) is 0 Å². The third kappa shape index (κ3) is 3.80. The SMILES string of the molecule is COc1ccc(C(=O)C(C)N(C)C(C)C(C)C)cc1. The Bertz CT molecular complexity index is 411. The fourth-order valence-electron chi connectivity index (χ4n) is 2.00. The van der Waals surface area contributed by atoms with Crippen LogP contribution in [0.25, 0.3) is 0 Å². The van der Waals surface area contributed by atoms with E-state index in [1.165, 1.54) is 0 Å². The molecule has 2 unspecified atom stereocenters. The second-order valence-electron chi connectivity index (χ2n) is 5.42. The normalized spacial score (nSPS) is 14.5. The molecule has 0 spiro atoms. The van der Waals surface area contributed by atoms with Crippen LogP contribution in [0.15, 0.2) is 24.3 Å². The molecule has 0 aliphatic carbocycles. The number of rotatable bonds is 6. The van der Waals surface area contributed by atoms with Crippen LogP contribution in [0.2, 0.25) is 0 Å². The van der Waals surface area contributed by atoms with E-state index in [-0.39, 0.29) is 11.8 Å². The van der Waals surface area contributed by atoms with Gasteiger partial charge in [-0.1, -0.05) is 13.8 Å². The summed E-state index contributed by atoms with van der Waals surface area (Å²) in [5.41, 5.74) is 0.733. The van der Waals surface area contributed by atoms with Gasteiger partial charge in [0, 0.05) is 11.6 Å². The van der Waals surface area contributed by atoms with Crippen LogP contribution < -0.4 is 4.74 Å². The van der Waals surface area contributed by atoms with Crippen LogP contribution in [-0.4, -0.2) is 36.9 Å². The summed E-state index contributed by atoms with van der Waals surface area (Å²) in [6.45, 7) is 8.46. The van der Waals surface area contributed by atoms with Crippen molar-refractivity contribution in [2.45, 2.75) is 39.8 Å². The summed E-state index contributed by atoms with van der Waals surface area (Å²) in [4.78, 5) is 14.6. The van der Waals surface area contributed by atoms with Crippen molar-refractivity contribution in [3.63, 3.8) is 0 Å². The molecule has 2 atom stereocenters. The zero-order valence-electron chi connectivity index (χ0n) is 12.8. The molecule has 0 aliphatic heterocycles. The van der Waals surface area contributed by atoms with Crippen LogP contribution in [0.5, 0.6) is 5.75 Å². The van der Waals surface area contributed by atoms with Crippen LogP contribution >= 0.6 is 0 Å². The minimum absolute atomic E-state index is 0.120. The smallest absolute Gasteiger partial charge is 0.179 e. The van der Waals surface area contributed by atoms with E-state index in [0.29, 0.717) is 12.0 Å². The number of Topliss-reactive ketones (excluding diaryl/α,β-unsaturated/α-hetero) is 1. The molecular weight excluding hydrogens is 238 g/mol. The number of benzene rings is 1. The van der Waals surface area contributed by atoms with Gasteiger partial charge in [0.25, 0.3) is 0 Å². The first kappa shape index (κ1) is 15.7. The fraction of sp³-hybridized carbons (Fsp3) is 0.562. The Hall–Kier alpha value is -1.35. The van der Waals surface area contributed by atoms with Crippen molar-refractivity contribution < 1.29 is 9.53 Å². The molecule has 106 valence electrons. The molecule has 0 N–H and O–H groups in total. The lowest BCUT2D eigenvalue weighted by atomic mass is 9.99. The van der Waals surface area contributed by atoms with Crippen LogP contribution in [0.3, 0.4) is 0 Å². The first-order valence-electron chi connectivity index (χ1n) is 6.78. The summed E-state index contributed by atoms with van der Waals surface area (Å²) < 4.78 is 5.10. The minimum atomic E-state index is -0.120. The Balaban J connectivity index is 2.80. The highest BCUT2D eigenvalue weighted by Crippen LogP contribution is 2.17. The van der Waals surface area contributed by atoms with Crippen LogP contribution in [0.4, 0.5) is 0 Å². The van der Waals surface area contributed by atoms with Crippen molar-refractivity contribution in [1.82, 2.24) is 4.90 Å². The van der Waals surface area contributed by atoms with Crippen molar-refractivity contribution in [2.75, 3.05) is 14.2 Å². The lowest BCUT2D eigenvalue weighted by Gasteiger charge is -2.32. The van der Waals surface area contributed by atoms with E-state index in [9.17, 15) is 4.79 Å². The molecule has 1 rings (SSSR count). The van der Waals surface area contributed by atoms with Crippen molar-refractivity contribution in [3.8, 4) is 5.75 Å². The number of ether oxygens (including phenoxy) is 1. The van der Waals surface area contributed by atoms with Crippen molar-refractivity contribution >= 4 is 5.78 Å². The van der Waals surface area contributed by atoms with E-state index < -0.39 is 0 Å². The van der Waals surface area contributed by atoms with Gasteiger partial charge in [0.05, 0.1) is 13.2 Å². The summed E-state index contributed by atoms with van der Waals surface area (Å²) in [5.74, 6) is 1.45. The molecule has 0 radical (unpaired) electrons. The lowest BCUT2D eigenvalue weighted by molar-refractivity contribution is 0.0791. The zero-order chi connectivity index (χ0) is 14.6. The maximum atomic E-state index is 12.4. The van der Waals surface area contributed by atoms with Crippen LogP contribution in [0.1, 0.15) is 38.1 Å². The quantitative estimate of drug-likeness (QED) is 0.738. The van der Waals surface area contributed by atoms with Gasteiger partial charge < -0.3 is 4.74 Å². The molecule has 0 amide bonds. The van der Waals surface area contributed by atoms with E-state index in [1.54, 1.807) is 7.11 Å². The standard InChI is InChI=1S/C16H25NO2/c1-11(2)12(3)17(5)13(4)16(18)14-7-9-15(19-6)10-8-14/h7-13H,1-6H3. The highest BCUT2D eigenvalue weighted by Gasteiger charge is 2.24. The highest BCUT2D eigenvalue weighted by molar-refractivity contribution is 5.99. The predicted octanol–water partition coefficient (Wildman–Crippen LogP) is 3.24. The third-order valence-electron chi connectivity index (χ3n) is 3.97. The maximum Gasteiger partial charge on any atom is 0.179 e. The Morgan fingerprint density at radius 2 is 1.63 bits per heavy atom. The molecular formula is C16H25NO2. The van der Waals surface area contributed by atoms with E-state index in [4.69, 9.17) is 4.74 Å². The lowest BCUT2D eigenvalue weighted by Crippen LogP contribution is -2.43. The van der Waals surface area contributed by atoms with E-state index in [1.807, 2.05) is 38.2 Å². The molecule has 0 saturated heterocycles. The molecule has 0 aromatic heterocycles. The van der Waals surface area contributed by atoms with Gasteiger partial charge in [0.1, 0.15) is 5.75 Å². The van der Waals surface area contributed by atoms with Gasteiger partial charge in [-0.2, -0.15) is 0 Å². The number of carbonyl (C=O) groups is 1. The number of nitrogens with zero attached hydrogens (tertiary/aromatic N) is 1. The van der Waals surface area contributed by atoms with Gasteiger partial charge in [0.15, 0.2) is 5.78 Å². The average Bonchev–Trinajstić information content (AvgIpc) is 2.44. The Kier molecular flexibility index (Phi) is 5.55. The maximum absolute atomic E-state index is 12.4. The topological polar surface area (TPSA) is 29.5 Å². The largest absolute Gasteiger partial charge is 0.497 e. The highest BCUT2D eigenvalue weighted by atomic mass is 16.5. The van der Waals surface area contributed by atoms with Gasteiger partial charge in [0.2, 0.25) is 0 Å². The summed E-state index contributed by atoms with van der Waals surface area (Å²) in [6.07, 6.45) is 0. The number of methoxy groups -OCH3 is 1. The summed E-state index contributed by atoms with van der Waals surface area (Å²) >= 11 is 0. The van der Waals surface area contributed by atoms with Gasteiger partial charge in [-0.05, 0) is 51.1 Å². The van der Waals surface area contributed by atoms with Gasteiger partial charge in [-0.3, -0.25) is 9.69 Å². The fourth-order valence-corrected chi connectivity index (χ4v) is 2.00. The zero-order valence-corrected chi connectivity index (χ0v) is 12.8. The molecule has 3 nitrogen and oxygen atoms in total. The first-order chi connectivity index (χ1) is 8.88. The van der Waals surface area contributed by atoms with E-state index >= 15 is 0 Å². The number of carbonyl (C=O) groups excluding carboxylic acids is 1. The molecule has 0 heterocycles. The summed E-state index contributed by atoms with van der Waals surface area (Å²) in [7, 11) is 3.63. The van der Waals surface area contributed by atoms with E-state index in [2.05, 4.69) is 25.7 Å². The monoisotopic (exact) mass is 263 g/mol. The molecule has 1 aromatic carbocycles.